The molecule has 0 spiro atoms. The molecule has 10 nitrogen and oxygen atoms in total. The molecule has 3 aromatic rings. The first-order valence-electron chi connectivity index (χ1n) is 11.8. The van der Waals surface area contributed by atoms with E-state index in [2.05, 4.69) is 22.5 Å². The number of ether oxygens (including phenoxy) is 2. The van der Waals surface area contributed by atoms with Crippen LogP contribution in [0.25, 0.3) is 11.0 Å². The number of nitrogens with zero attached hydrogens (tertiary/aromatic N) is 6. The minimum atomic E-state index is 0.380. The molecule has 2 atom stereocenters. The third-order valence-corrected chi connectivity index (χ3v) is 6.31. The summed E-state index contributed by atoms with van der Waals surface area (Å²) in [4.78, 5) is 17.1. The smallest absolute Gasteiger partial charge is 0.228 e. The summed E-state index contributed by atoms with van der Waals surface area (Å²) in [6, 6.07) is 6.93. The van der Waals surface area contributed by atoms with Gasteiger partial charge < -0.3 is 25.0 Å². The van der Waals surface area contributed by atoms with Crippen molar-refractivity contribution in [3.8, 4) is 0 Å². The fraction of sp³-hybridized carbons (Fsp3) is 0.565. The highest BCUT2D eigenvalue weighted by Gasteiger charge is 2.39. The molecule has 3 aromatic heterocycles. The van der Waals surface area contributed by atoms with Gasteiger partial charge in [0.05, 0.1) is 19.8 Å². The molecular weight excluding hydrogens is 420 g/mol. The van der Waals surface area contributed by atoms with Crippen LogP contribution in [0.3, 0.4) is 0 Å². The molecule has 2 aliphatic heterocycles. The Hall–Kier alpha value is -2.82. The summed E-state index contributed by atoms with van der Waals surface area (Å²) in [6.45, 7) is 8.18. The Morgan fingerprint density at radius 3 is 2.85 bits per heavy atom. The summed E-state index contributed by atoms with van der Waals surface area (Å²) in [5, 5.41) is 11.8. The highest BCUT2D eigenvalue weighted by Crippen LogP contribution is 2.33. The predicted molar refractivity (Wildman–Crippen MR) is 127 cm³/mol. The average Bonchev–Trinajstić information content (AvgIpc) is 3.55. The van der Waals surface area contributed by atoms with Crippen LogP contribution in [-0.2, 0) is 29.0 Å². The lowest BCUT2D eigenvalue weighted by atomic mass is 10.2. The first kappa shape index (κ1) is 22.0. The maximum Gasteiger partial charge on any atom is 0.228 e. The highest BCUT2D eigenvalue weighted by molar-refractivity contribution is 5.90. The normalized spacial score (nSPS) is 19.7. The summed E-state index contributed by atoms with van der Waals surface area (Å²) < 4.78 is 13.0. The van der Waals surface area contributed by atoms with Crippen molar-refractivity contribution in [2.24, 2.45) is 0 Å². The Morgan fingerprint density at radius 2 is 2.12 bits per heavy atom. The molecule has 2 fully saturated rings. The fourth-order valence-corrected chi connectivity index (χ4v) is 4.71. The highest BCUT2D eigenvalue weighted by atomic mass is 16.5. The van der Waals surface area contributed by atoms with Crippen molar-refractivity contribution in [2.75, 3.05) is 43.6 Å². The molecule has 2 aliphatic rings. The van der Waals surface area contributed by atoms with Crippen LogP contribution < -0.4 is 15.5 Å². The van der Waals surface area contributed by atoms with Crippen LogP contribution in [0.1, 0.15) is 31.7 Å². The lowest BCUT2D eigenvalue weighted by molar-refractivity contribution is 0.136. The molecule has 2 saturated heterocycles. The number of hydrogen-bond acceptors (Lipinski definition) is 9. The van der Waals surface area contributed by atoms with Crippen LogP contribution in [0, 0.1) is 0 Å². The van der Waals surface area contributed by atoms with Gasteiger partial charge in [-0.05, 0) is 31.9 Å². The lowest BCUT2D eigenvalue weighted by Crippen LogP contribution is -2.44. The van der Waals surface area contributed by atoms with Crippen molar-refractivity contribution in [3.63, 3.8) is 0 Å². The number of aryl methyl sites for hydroxylation is 1. The molecule has 0 aliphatic carbocycles. The number of fused-ring (bicyclic) bond motifs is 3. The van der Waals surface area contributed by atoms with Crippen LogP contribution in [0.15, 0.2) is 18.2 Å². The van der Waals surface area contributed by atoms with E-state index in [9.17, 15) is 0 Å². The van der Waals surface area contributed by atoms with Gasteiger partial charge in [0.2, 0.25) is 5.95 Å². The number of methoxy groups -OCH3 is 1. The molecular formula is C23H32N8O2. The zero-order valence-electron chi connectivity index (χ0n) is 19.5. The monoisotopic (exact) mass is 452 g/mol. The second-order valence-corrected chi connectivity index (χ2v) is 8.51. The fourth-order valence-electron chi connectivity index (χ4n) is 4.71. The quantitative estimate of drug-likeness (QED) is 0.448. The van der Waals surface area contributed by atoms with Gasteiger partial charge in [0, 0.05) is 44.6 Å². The first-order chi connectivity index (χ1) is 16.2. The van der Waals surface area contributed by atoms with Gasteiger partial charge in [-0.25, -0.2) is 9.97 Å². The molecule has 33 heavy (non-hydrogen) atoms. The number of aromatic nitrogens is 5. The Bertz CT molecular complexity index is 1120. The number of pyridine rings is 1. The molecule has 0 unspecified atom stereocenters. The van der Waals surface area contributed by atoms with Crippen molar-refractivity contribution >= 4 is 28.6 Å². The molecule has 0 aromatic carbocycles. The van der Waals surface area contributed by atoms with Gasteiger partial charge in [0.25, 0.3) is 0 Å². The van der Waals surface area contributed by atoms with Gasteiger partial charge in [-0.2, -0.15) is 10.1 Å². The Balaban J connectivity index is 1.61. The second kappa shape index (κ2) is 9.58. The van der Waals surface area contributed by atoms with Gasteiger partial charge in [-0.15, -0.1) is 0 Å². The van der Waals surface area contributed by atoms with Crippen molar-refractivity contribution in [1.29, 1.82) is 0 Å². The summed E-state index contributed by atoms with van der Waals surface area (Å²) >= 11 is 0. The van der Waals surface area contributed by atoms with E-state index in [4.69, 9.17) is 29.5 Å². The van der Waals surface area contributed by atoms with Gasteiger partial charge in [0.1, 0.15) is 22.5 Å². The molecule has 5 heterocycles. The Morgan fingerprint density at radius 1 is 1.21 bits per heavy atom. The number of hydrogen-bond donors (Lipinski definition) is 2. The molecule has 0 amide bonds. The Kier molecular flexibility index (Phi) is 6.39. The van der Waals surface area contributed by atoms with E-state index in [0.29, 0.717) is 44.3 Å². The van der Waals surface area contributed by atoms with Crippen molar-refractivity contribution < 1.29 is 9.47 Å². The van der Waals surface area contributed by atoms with Crippen molar-refractivity contribution in [1.82, 2.24) is 30.0 Å². The molecule has 2 bridgehead atoms. The van der Waals surface area contributed by atoms with Gasteiger partial charge in [-0.1, -0.05) is 13.0 Å². The average molecular weight is 453 g/mol. The van der Waals surface area contributed by atoms with Crippen LogP contribution in [0.5, 0.6) is 0 Å². The number of piperazine rings is 1. The topological polar surface area (TPSA) is 102 Å². The van der Waals surface area contributed by atoms with Crippen molar-refractivity contribution in [2.45, 2.75) is 51.9 Å². The van der Waals surface area contributed by atoms with Crippen LogP contribution in [-0.4, -0.2) is 70.2 Å². The maximum atomic E-state index is 5.60. The molecule has 5 rings (SSSR count). The molecule has 2 N–H and O–H groups in total. The first-order valence-corrected chi connectivity index (χ1v) is 11.8. The number of anilines is 3. The predicted octanol–water partition coefficient (Wildman–Crippen LogP) is 2.26. The molecule has 10 heteroatoms. The summed E-state index contributed by atoms with van der Waals surface area (Å²) in [7, 11) is 1.68. The second-order valence-electron chi connectivity index (χ2n) is 8.51. The third kappa shape index (κ3) is 4.38. The van der Waals surface area contributed by atoms with E-state index in [1.807, 2.05) is 29.8 Å². The van der Waals surface area contributed by atoms with E-state index in [0.717, 1.165) is 60.1 Å². The lowest BCUT2D eigenvalue weighted by Gasteiger charge is -2.27. The minimum Gasteiger partial charge on any atom is -0.380 e. The van der Waals surface area contributed by atoms with E-state index in [1.54, 1.807) is 7.11 Å². The van der Waals surface area contributed by atoms with Gasteiger partial charge in [0.15, 0.2) is 5.82 Å². The van der Waals surface area contributed by atoms with E-state index in [1.165, 1.54) is 0 Å². The van der Waals surface area contributed by atoms with E-state index in [-0.39, 0.29) is 0 Å². The van der Waals surface area contributed by atoms with Gasteiger partial charge >= 0.3 is 0 Å². The van der Waals surface area contributed by atoms with Crippen LogP contribution >= 0.6 is 0 Å². The zero-order chi connectivity index (χ0) is 22.8. The van der Waals surface area contributed by atoms with Crippen LogP contribution in [0.2, 0.25) is 0 Å². The number of rotatable bonds is 10. The SMILES string of the molecule is CCOCCn1nc(COC)c2nc(N3C[C@@H]4C[C@H]3CN4)nc(Nc3cccc(CC)n3)c21. The van der Waals surface area contributed by atoms with Crippen LogP contribution in [0.4, 0.5) is 17.6 Å². The van der Waals surface area contributed by atoms with E-state index >= 15 is 0 Å². The summed E-state index contributed by atoms with van der Waals surface area (Å²) in [5.41, 5.74) is 3.48. The third-order valence-electron chi connectivity index (χ3n) is 6.31. The molecule has 176 valence electrons. The minimum absolute atomic E-state index is 0.380. The van der Waals surface area contributed by atoms with E-state index < -0.39 is 0 Å². The number of nitrogens with one attached hydrogen (secondary N) is 2. The zero-order valence-corrected chi connectivity index (χ0v) is 19.5. The molecule has 0 saturated carbocycles. The molecule has 0 radical (unpaired) electrons. The maximum absolute atomic E-state index is 5.60. The Labute approximate surface area is 193 Å². The summed E-state index contributed by atoms with van der Waals surface area (Å²) in [6.07, 6.45) is 2.00. The van der Waals surface area contributed by atoms with Gasteiger partial charge in [-0.3, -0.25) is 4.68 Å². The summed E-state index contributed by atoms with van der Waals surface area (Å²) in [5.74, 6) is 2.20. The van der Waals surface area contributed by atoms with Crippen molar-refractivity contribution in [3.05, 3.63) is 29.6 Å². The standard InChI is InChI=1S/C23H32N8O2/c1-4-15-7-6-8-19(25-15)26-22-21-20(18(14-32-3)29-31(21)9-10-33-5-2)27-23(28-22)30-13-16-11-17(30)12-24-16/h6-8,16-17,24H,4-5,9-14H2,1-3H3,(H,25,26,27,28)/t16-,17-/m0/s1. The largest absolute Gasteiger partial charge is 0.380 e.